The third-order valence-electron chi connectivity index (χ3n) is 5.14. The van der Waals surface area contributed by atoms with Crippen molar-refractivity contribution >= 4 is 16.7 Å². The van der Waals surface area contributed by atoms with E-state index in [9.17, 15) is 4.39 Å². The van der Waals surface area contributed by atoms with Gasteiger partial charge >= 0.3 is 0 Å². The van der Waals surface area contributed by atoms with Gasteiger partial charge in [-0.25, -0.2) is 14.4 Å². The average molecular weight is 375 g/mol. The number of para-hydroxylation sites is 1. The standard InChI is InChI=1S/C21H18FN5O/c22-16-9-7-14(8-10-16)19-25-21(28-26-19)15-4-3-11-27(12-15)20-17-5-1-2-6-18(17)23-13-24-20/h1-2,5-10,13,15H,3-4,11-12H2. The third kappa shape index (κ3) is 3.09. The molecule has 4 aromatic rings. The van der Waals surface area contributed by atoms with Crippen LogP contribution in [-0.2, 0) is 0 Å². The molecule has 2 aromatic heterocycles. The highest BCUT2D eigenvalue weighted by Crippen LogP contribution is 2.32. The van der Waals surface area contributed by atoms with Crippen molar-refractivity contribution in [1.29, 1.82) is 0 Å². The molecule has 2 aromatic carbocycles. The van der Waals surface area contributed by atoms with Crippen LogP contribution < -0.4 is 4.90 Å². The van der Waals surface area contributed by atoms with Crippen LogP contribution in [0.15, 0.2) is 59.4 Å². The van der Waals surface area contributed by atoms with E-state index in [0.29, 0.717) is 11.7 Å². The Morgan fingerprint density at radius 3 is 2.79 bits per heavy atom. The highest BCUT2D eigenvalue weighted by Gasteiger charge is 2.27. The van der Waals surface area contributed by atoms with E-state index in [2.05, 4.69) is 25.0 Å². The second-order valence-electron chi connectivity index (χ2n) is 6.96. The van der Waals surface area contributed by atoms with E-state index in [1.165, 1.54) is 12.1 Å². The number of fused-ring (bicyclic) bond motifs is 1. The number of rotatable bonds is 3. The topological polar surface area (TPSA) is 67.9 Å². The molecule has 0 bridgehead atoms. The fraction of sp³-hybridized carbons (Fsp3) is 0.238. The van der Waals surface area contributed by atoms with E-state index in [1.54, 1.807) is 18.5 Å². The first-order valence-corrected chi connectivity index (χ1v) is 9.32. The smallest absolute Gasteiger partial charge is 0.231 e. The molecule has 140 valence electrons. The van der Waals surface area contributed by atoms with E-state index in [0.717, 1.165) is 48.2 Å². The van der Waals surface area contributed by atoms with E-state index < -0.39 is 0 Å². The van der Waals surface area contributed by atoms with Gasteiger partial charge in [0.25, 0.3) is 0 Å². The Morgan fingerprint density at radius 2 is 1.89 bits per heavy atom. The van der Waals surface area contributed by atoms with E-state index >= 15 is 0 Å². The van der Waals surface area contributed by atoms with Crippen LogP contribution in [0.25, 0.3) is 22.3 Å². The molecule has 0 spiro atoms. The second kappa shape index (κ2) is 6.99. The molecule has 28 heavy (non-hydrogen) atoms. The molecule has 3 heterocycles. The number of halogens is 1. The summed E-state index contributed by atoms with van der Waals surface area (Å²) in [6.07, 6.45) is 3.60. The van der Waals surface area contributed by atoms with Crippen LogP contribution in [0.5, 0.6) is 0 Å². The van der Waals surface area contributed by atoms with Crippen molar-refractivity contribution in [3.63, 3.8) is 0 Å². The van der Waals surface area contributed by atoms with Crippen LogP contribution >= 0.6 is 0 Å². The van der Waals surface area contributed by atoms with E-state index in [1.807, 2.05) is 24.3 Å². The van der Waals surface area contributed by atoms with E-state index in [4.69, 9.17) is 4.52 Å². The van der Waals surface area contributed by atoms with Crippen LogP contribution in [0, 0.1) is 5.82 Å². The van der Waals surface area contributed by atoms with Crippen molar-refractivity contribution in [2.75, 3.05) is 18.0 Å². The van der Waals surface area contributed by atoms with Crippen molar-refractivity contribution in [2.45, 2.75) is 18.8 Å². The molecule has 1 aliphatic rings. The number of piperidine rings is 1. The summed E-state index contributed by atoms with van der Waals surface area (Å²) in [5.74, 6) is 1.88. The molecule has 0 N–H and O–H groups in total. The number of benzene rings is 2. The lowest BCUT2D eigenvalue weighted by Crippen LogP contribution is -2.35. The normalized spacial score (nSPS) is 17.2. The minimum Gasteiger partial charge on any atom is -0.355 e. The maximum atomic E-state index is 13.1. The predicted molar refractivity (Wildman–Crippen MR) is 103 cm³/mol. The summed E-state index contributed by atoms with van der Waals surface area (Å²) < 4.78 is 18.7. The second-order valence-corrected chi connectivity index (χ2v) is 6.96. The molecular weight excluding hydrogens is 357 g/mol. The Hall–Kier alpha value is -3.35. The molecule has 1 unspecified atom stereocenters. The zero-order chi connectivity index (χ0) is 18.9. The Morgan fingerprint density at radius 1 is 1.04 bits per heavy atom. The lowest BCUT2D eigenvalue weighted by atomic mass is 9.97. The first-order chi connectivity index (χ1) is 13.8. The highest BCUT2D eigenvalue weighted by atomic mass is 19.1. The lowest BCUT2D eigenvalue weighted by molar-refractivity contribution is 0.333. The van der Waals surface area contributed by atoms with Crippen LogP contribution in [0.1, 0.15) is 24.7 Å². The van der Waals surface area contributed by atoms with Crippen molar-refractivity contribution in [2.24, 2.45) is 0 Å². The van der Waals surface area contributed by atoms with Gasteiger partial charge in [0.15, 0.2) is 0 Å². The molecule has 0 amide bonds. The number of aromatic nitrogens is 4. The number of nitrogens with zero attached hydrogens (tertiary/aromatic N) is 5. The summed E-state index contributed by atoms with van der Waals surface area (Å²) in [6.45, 7) is 1.68. The molecule has 5 rings (SSSR count). The van der Waals surface area contributed by atoms with Crippen LogP contribution in [-0.4, -0.2) is 33.2 Å². The maximum absolute atomic E-state index is 13.1. The summed E-state index contributed by atoms with van der Waals surface area (Å²) in [4.78, 5) is 15.7. The van der Waals surface area contributed by atoms with Crippen LogP contribution in [0.3, 0.4) is 0 Å². The van der Waals surface area contributed by atoms with Gasteiger partial charge < -0.3 is 9.42 Å². The van der Waals surface area contributed by atoms with Crippen LogP contribution in [0.4, 0.5) is 10.2 Å². The van der Waals surface area contributed by atoms with Gasteiger partial charge in [0.1, 0.15) is 18.0 Å². The Bertz CT molecular complexity index is 1110. The first-order valence-electron chi connectivity index (χ1n) is 9.32. The van der Waals surface area contributed by atoms with Crippen molar-refractivity contribution in [3.8, 4) is 11.4 Å². The quantitative estimate of drug-likeness (QED) is 0.534. The van der Waals surface area contributed by atoms with Gasteiger partial charge in [0.2, 0.25) is 11.7 Å². The molecule has 1 saturated heterocycles. The molecule has 6 nitrogen and oxygen atoms in total. The molecule has 0 saturated carbocycles. The molecule has 1 atom stereocenters. The summed E-state index contributed by atoms with van der Waals surface area (Å²) >= 11 is 0. The van der Waals surface area contributed by atoms with Gasteiger partial charge in [-0.2, -0.15) is 4.98 Å². The summed E-state index contributed by atoms with van der Waals surface area (Å²) in [5.41, 5.74) is 1.68. The Balaban J connectivity index is 1.41. The maximum Gasteiger partial charge on any atom is 0.231 e. The third-order valence-corrected chi connectivity index (χ3v) is 5.14. The Kier molecular flexibility index (Phi) is 4.20. The van der Waals surface area contributed by atoms with Gasteiger partial charge in [-0.05, 0) is 49.2 Å². The average Bonchev–Trinajstić information content (AvgIpc) is 3.24. The number of hydrogen-bond acceptors (Lipinski definition) is 6. The molecule has 0 aliphatic carbocycles. The number of hydrogen-bond donors (Lipinski definition) is 0. The fourth-order valence-electron chi connectivity index (χ4n) is 3.73. The Labute approximate surface area is 161 Å². The SMILES string of the molecule is Fc1ccc(-c2noc(C3CCCN(c4ncnc5ccccc45)C3)n2)cc1. The summed E-state index contributed by atoms with van der Waals surface area (Å²) in [7, 11) is 0. The van der Waals surface area contributed by atoms with Crippen molar-refractivity contribution in [1.82, 2.24) is 20.1 Å². The van der Waals surface area contributed by atoms with Crippen LogP contribution in [0.2, 0.25) is 0 Å². The predicted octanol–water partition coefficient (Wildman–Crippen LogP) is 4.20. The monoisotopic (exact) mass is 375 g/mol. The van der Waals surface area contributed by atoms with E-state index in [-0.39, 0.29) is 11.7 Å². The van der Waals surface area contributed by atoms with Gasteiger partial charge in [0, 0.05) is 24.0 Å². The molecule has 7 heteroatoms. The zero-order valence-corrected chi connectivity index (χ0v) is 15.1. The first kappa shape index (κ1) is 16.8. The van der Waals surface area contributed by atoms with Gasteiger partial charge in [-0.15, -0.1) is 0 Å². The minimum absolute atomic E-state index is 0.129. The highest BCUT2D eigenvalue weighted by molar-refractivity contribution is 5.89. The lowest BCUT2D eigenvalue weighted by Gasteiger charge is -2.32. The summed E-state index contributed by atoms with van der Waals surface area (Å²) in [5, 5.41) is 5.13. The van der Waals surface area contributed by atoms with Gasteiger partial charge in [-0.1, -0.05) is 17.3 Å². The zero-order valence-electron chi connectivity index (χ0n) is 15.1. The van der Waals surface area contributed by atoms with Crippen molar-refractivity contribution < 1.29 is 8.91 Å². The molecular formula is C21H18FN5O. The van der Waals surface area contributed by atoms with Gasteiger partial charge in [-0.3, -0.25) is 0 Å². The van der Waals surface area contributed by atoms with Gasteiger partial charge in [0.05, 0.1) is 11.4 Å². The molecule has 1 aliphatic heterocycles. The largest absolute Gasteiger partial charge is 0.355 e. The minimum atomic E-state index is -0.285. The summed E-state index contributed by atoms with van der Waals surface area (Å²) in [6, 6.07) is 14.1. The fourth-order valence-corrected chi connectivity index (χ4v) is 3.73. The molecule has 0 radical (unpaired) electrons. The number of anilines is 1. The van der Waals surface area contributed by atoms with Crippen molar-refractivity contribution in [3.05, 3.63) is 66.6 Å². The molecule has 1 fully saturated rings.